The Hall–Kier alpha value is -3.35. The van der Waals surface area contributed by atoms with E-state index in [0.29, 0.717) is 29.4 Å². The Labute approximate surface area is 158 Å². The second kappa shape index (κ2) is 9.96. The van der Waals surface area contributed by atoms with Crippen LogP contribution in [0.25, 0.3) is 0 Å². The van der Waals surface area contributed by atoms with E-state index in [1.807, 2.05) is 32.0 Å². The largest absolute Gasteiger partial charge is 0.493 e. The summed E-state index contributed by atoms with van der Waals surface area (Å²) in [6.07, 6.45) is 1.12. The van der Waals surface area contributed by atoms with E-state index in [-0.39, 0.29) is 6.42 Å². The predicted molar refractivity (Wildman–Crippen MR) is 104 cm³/mol. The zero-order chi connectivity index (χ0) is 19.6. The molecule has 0 bridgehead atoms. The molecule has 7 heteroatoms. The second-order valence-electron chi connectivity index (χ2n) is 5.64. The van der Waals surface area contributed by atoms with Gasteiger partial charge >= 0.3 is 0 Å². The minimum Gasteiger partial charge on any atom is -0.493 e. The summed E-state index contributed by atoms with van der Waals surface area (Å²) < 4.78 is 10.8. The van der Waals surface area contributed by atoms with Crippen molar-refractivity contribution in [2.24, 2.45) is 5.10 Å². The van der Waals surface area contributed by atoms with Crippen LogP contribution in [0.2, 0.25) is 0 Å². The van der Waals surface area contributed by atoms with Crippen LogP contribution in [0.15, 0.2) is 47.6 Å². The van der Waals surface area contributed by atoms with Crippen molar-refractivity contribution >= 4 is 23.7 Å². The number of para-hydroxylation sites is 2. The molecular formula is C20H23N3O4. The van der Waals surface area contributed by atoms with E-state index in [9.17, 15) is 9.59 Å². The molecule has 0 atom stereocenters. The number of anilines is 1. The Morgan fingerprint density at radius 2 is 1.89 bits per heavy atom. The van der Waals surface area contributed by atoms with E-state index in [4.69, 9.17) is 9.47 Å². The number of carbonyl (C=O) groups excluding carboxylic acids is 2. The van der Waals surface area contributed by atoms with Gasteiger partial charge in [-0.15, -0.1) is 0 Å². The van der Waals surface area contributed by atoms with Crippen molar-refractivity contribution in [2.75, 3.05) is 19.0 Å². The summed E-state index contributed by atoms with van der Waals surface area (Å²) in [5.41, 5.74) is 4.60. The summed E-state index contributed by atoms with van der Waals surface area (Å²) in [4.78, 5) is 23.9. The average molecular weight is 369 g/mol. The maximum Gasteiger partial charge on any atom is 0.249 e. The summed E-state index contributed by atoms with van der Waals surface area (Å²) >= 11 is 0. The number of ether oxygens (including phenoxy) is 2. The Bertz CT molecular complexity index is 834. The van der Waals surface area contributed by atoms with Gasteiger partial charge in [0.15, 0.2) is 11.5 Å². The van der Waals surface area contributed by atoms with Gasteiger partial charge < -0.3 is 14.8 Å². The Morgan fingerprint density at radius 1 is 1.11 bits per heavy atom. The van der Waals surface area contributed by atoms with Crippen molar-refractivity contribution in [1.29, 1.82) is 0 Å². The smallest absolute Gasteiger partial charge is 0.249 e. The van der Waals surface area contributed by atoms with Crippen LogP contribution in [0, 0.1) is 6.92 Å². The first-order chi connectivity index (χ1) is 13.0. The van der Waals surface area contributed by atoms with Crippen molar-refractivity contribution in [3.05, 3.63) is 53.6 Å². The molecule has 0 aliphatic carbocycles. The van der Waals surface area contributed by atoms with E-state index >= 15 is 0 Å². The Balaban J connectivity index is 1.93. The topological polar surface area (TPSA) is 89.0 Å². The van der Waals surface area contributed by atoms with Gasteiger partial charge in [0, 0.05) is 11.3 Å². The highest BCUT2D eigenvalue weighted by Crippen LogP contribution is 2.29. The molecule has 2 amide bonds. The number of carbonyl (C=O) groups is 2. The minimum absolute atomic E-state index is 0.331. The van der Waals surface area contributed by atoms with Crippen molar-refractivity contribution in [3.63, 3.8) is 0 Å². The van der Waals surface area contributed by atoms with Gasteiger partial charge in [0.1, 0.15) is 6.42 Å². The molecular weight excluding hydrogens is 346 g/mol. The molecule has 142 valence electrons. The molecule has 2 N–H and O–H groups in total. The molecule has 0 unspecified atom stereocenters. The number of nitrogens with one attached hydrogen (secondary N) is 2. The third-order valence-corrected chi connectivity index (χ3v) is 3.65. The molecule has 7 nitrogen and oxygen atoms in total. The molecule has 2 aromatic carbocycles. The molecule has 0 radical (unpaired) electrons. The van der Waals surface area contributed by atoms with Gasteiger partial charge in [0.25, 0.3) is 0 Å². The van der Waals surface area contributed by atoms with Gasteiger partial charge in [-0.1, -0.05) is 24.3 Å². The Morgan fingerprint density at radius 3 is 2.59 bits per heavy atom. The van der Waals surface area contributed by atoms with E-state index in [1.54, 1.807) is 31.4 Å². The zero-order valence-electron chi connectivity index (χ0n) is 15.6. The third-order valence-electron chi connectivity index (χ3n) is 3.65. The first kappa shape index (κ1) is 20.0. The SMILES string of the molecule is CCOc1c(C=NNC(=O)CC(=O)Nc2ccccc2C)cccc1OC. The number of benzene rings is 2. The number of methoxy groups -OCH3 is 1. The number of rotatable bonds is 8. The van der Waals surface area contributed by atoms with E-state index in [1.165, 1.54) is 6.21 Å². The highest BCUT2D eigenvalue weighted by molar-refractivity contribution is 6.04. The van der Waals surface area contributed by atoms with Crippen molar-refractivity contribution in [2.45, 2.75) is 20.3 Å². The third kappa shape index (κ3) is 5.85. The van der Waals surface area contributed by atoms with Gasteiger partial charge in [-0.25, -0.2) is 5.43 Å². The van der Waals surface area contributed by atoms with Gasteiger partial charge in [-0.2, -0.15) is 5.10 Å². The molecule has 0 spiro atoms. The first-order valence-corrected chi connectivity index (χ1v) is 8.52. The van der Waals surface area contributed by atoms with Crippen LogP contribution in [0.3, 0.4) is 0 Å². The lowest BCUT2D eigenvalue weighted by molar-refractivity contribution is -0.126. The van der Waals surface area contributed by atoms with Crippen molar-refractivity contribution in [1.82, 2.24) is 5.43 Å². The van der Waals surface area contributed by atoms with Crippen LogP contribution in [-0.4, -0.2) is 31.7 Å². The molecule has 0 heterocycles. The van der Waals surface area contributed by atoms with Crippen molar-refractivity contribution < 1.29 is 19.1 Å². The number of amides is 2. The normalized spacial score (nSPS) is 10.5. The quantitative estimate of drug-likeness (QED) is 0.425. The summed E-state index contributed by atoms with van der Waals surface area (Å²) in [6.45, 7) is 4.21. The predicted octanol–water partition coefficient (Wildman–Crippen LogP) is 2.88. The lowest BCUT2D eigenvalue weighted by atomic mass is 10.2. The summed E-state index contributed by atoms with van der Waals surface area (Å²) in [5, 5.41) is 6.60. The maximum atomic E-state index is 12.0. The number of hydrogen-bond acceptors (Lipinski definition) is 5. The van der Waals surface area contributed by atoms with Crippen molar-refractivity contribution in [3.8, 4) is 11.5 Å². The fraction of sp³-hybridized carbons (Fsp3) is 0.250. The fourth-order valence-electron chi connectivity index (χ4n) is 2.36. The number of hydrogen-bond donors (Lipinski definition) is 2. The van der Waals surface area contributed by atoms with Gasteiger partial charge in [-0.05, 0) is 37.6 Å². The molecule has 0 saturated carbocycles. The molecule has 0 aliphatic rings. The lowest BCUT2D eigenvalue weighted by Crippen LogP contribution is -2.24. The van der Waals surface area contributed by atoms with E-state index in [0.717, 1.165) is 5.56 Å². The molecule has 27 heavy (non-hydrogen) atoms. The number of aryl methyl sites for hydroxylation is 1. The lowest BCUT2D eigenvalue weighted by Gasteiger charge is -2.11. The van der Waals surface area contributed by atoms with Crippen LogP contribution in [0.5, 0.6) is 11.5 Å². The minimum atomic E-state index is -0.516. The van der Waals surface area contributed by atoms with Crippen LogP contribution in [0.4, 0.5) is 5.69 Å². The molecule has 0 saturated heterocycles. The number of hydrazone groups is 1. The standard InChI is InChI=1S/C20H23N3O4/c1-4-27-20-15(9-7-11-17(20)26-3)13-21-23-19(25)12-18(24)22-16-10-6-5-8-14(16)2/h5-11,13H,4,12H2,1-3H3,(H,22,24)(H,23,25). The summed E-state index contributed by atoms with van der Waals surface area (Å²) in [6, 6.07) is 12.7. The summed E-state index contributed by atoms with van der Waals surface area (Å²) in [7, 11) is 1.55. The van der Waals surface area contributed by atoms with E-state index in [2.05, 4.69) is 15.8 Å². The maximum absolute atomic E-state index is 12.0. The number of nitrogens with zero attached hydrogens (tertiary/aromatic N) is 1. The monoisotopic (exact) mass is 369 g/mol. The zero-order valence-corrected chi connectivity index (χ0v) is 15.6. The van der Waals surface area contributed by atoms with Crippen LogP contribution >= 0.6 is 0 Å². The molecule has 0 aliphatic heterocycles. The molecule has 2 rings (SSSR count). The highest BCUT2D eigenvalue weighted by atomic mass is 16.5. The van der Waals surface area contributed by atoms with Crippen LogP contribution in [-0.2, 0) is 9.59 Å². The highest BCUT2D eigenvalue weighted by Gasteiger charge is 2.11. The van der Waals surface area contributed by atoms with Crippen LogP contribution < -0.4 is 20.2 Å². The molecule has 2 aromatic rings. The van der Waals surface area contributed by atoms with Gasteiger partial charge in [0.2, 0.25) is 11.8 Å². The fourth-order valence-corrected chi connectivity index (χ4v) is 2.36. The van der Waals surface area contributed by atoms with Gasteiger partial charge in [0.05, 0.1) is 19.9 Å². The second-order valence-corrected chi connectivity index (χ2v) is 5.64. The summed E-state index contributed by atoms with van der Waals surface area (Å²) in [5.74, 6) is 0.189. The average Bonchev–Trinajstić information content (AvgIpc) is 2.65. The molecule has 0 aromatic heterocycles. The van der Waals surface area contributed by atoms with Crippen LogP contribution in [0.1, 0.15) is 24.5 Å². The first-order valence-electron chi connectivity index (χ1n) is 8.52. The molecule has 0 fully saturated rings. The van der Waals surface area contributed by atoms with E-state index < -0.39 is 11.8 Å². The van der Waals surface area contributed by atoms with Gasteiger partial charge in [-0.3, -0.25) is 9.59 Å². The Kier molecular flexibility index (Phi) is 7.37.